The number of amides is 3. The lowest BCUT2D eigenvalue weighted by Gasteiger charge is -2.38. The number of piperidine rings is 1. The second kappa shape index (κ2) is 11.4. The van der Waals surface area contributed by atoms with Crippen LogP contribution in [0.25, 0.3) is 0 Å². The van der Waals surface area contributed by atoms with Crippen molar-refractivity contribution < 1.29 is 23.9 Å². The Morgan fingerprint density at radius 2 is 1.61 bits per heavy atom. The summed E-state index contributed by atoms with van der Waals surface area (Å²) in [5, 5.41) is 5.43. The van der Waals surface area contributed by atoms with Crippen molar-refractivity contribution in [2.75, 3.05) is 19.0 Å². The van der Waals surface area contributed by atoms with Crippen molar-refractivity contribution in [2.45, 2.75) is 51.7 Å². The zero-order valence-corrected chi connectivity index (χ0v) is 19.3. The van der Waals surface area contributed by atoms with Crippen LogP contribution in [-0.2, 0) is 16.1 Å². The van der Waals surface area contributed by atoms with Gasteiger partial charge in [-0.05, 0) is 75.1 Å². The number of methoxy groups -OCH3 is 1. The van der Waals surface area contributed by atoms with Crippen LogP contribution in [0.3, 0.4) is 0 Å². The summed E-state index contributed by atoms with van der Waals surface area (Å²) < 4.78 is 10.2. The van der Waals surface area contributed by atoms with Gasteiger partial charge in [-0.15, -0.1) is 0 Å². The third-order valence-corrected chi connectivity index (χ3v) is 5.80. The van der Waals surface area contributed by atoms with Gasteiger partial charge in [0.2, 0.25) is 0 Å². The van der Waals surface area contributed by atoms with Gasteiger partial charge < -0.3 is 19.7 Å². The fourth-order valence-electron chi connectivity index (χ4n) is 3.99. The predicted octanol–water partition coefficient (Wildman–Crippen LogP) is 3.96. The number of hydrogen-bond donors (Lipinski definition) is 2. The summed E-state index contributed by atoms with van der Waals surface area (Å²) in [6.07, 6.45) is 2.65. The first-order valence-electron chi connectivity index (χ1n) is 11.1. The van der Waals surface area contributed by atoms with Crippen molar-refractivity contribution in [3.05, 3.63) is 59.7 Å². The molecule has 3 amide bonds. The number of carbonyl (C=O) groups is 3. The molecule has 2 unspecified atom stereocenters. The molecule has 2 atom stereocenters. The Balaban J connectivity index is 1.47. The number of nitrogens with zero attached hydrogens (tertiary/aromatic N) is 1. The van der Waals surface area contributed by atoms with Crippen LogP contribution in [0, 0.1) is 0 Å². The zero-order valence-electron chi connectivity index (χ0n) is 19.3. The molecule has 1 aliphatic heterocycles. The molecule has 1 fully saturated rings. The lowest BCUT2D eigenvalue weighted by atomic mass is 9.97. The minimum atomic E-state index is -0.538. The molecule has 1 saturated heterocycles. The van der Waals surface area contributed by atoms with E-state index in [1.54, 1.807) is 36.4 Å². The van der Waals surface area contributed by atoms with Gasteiger partial charge in [0.1, 0.15) is 5.75 Å². The maximum atomic E-state index is 12.6. The average Bonchev–Trinajstić information content (AvgIpc) is 2.82. The van der Waals surface area contributed by atoms with E-state index in [4.69, 9.17) is 4.74 Å². The van der Waals surface area contributed by atoms with E-state index in [1.165, 1.54) is 7.11 Å². The lowest BCUT2D eigenvalue weighted by Crippen LogP contribution is -2.49. The van der Waals surface area contributed by atoms with E-state index in [0.29, 0.717) is 23.5 Å². The minimum Gasteiger partial charge on any atom is -0.484 e. The average molecular weight is 454 g/mol. The van der Waals surface area contributed by atoms with Crippen LogP contribution in [0.5, 0.6) is 5.75 Å². The van der Waals surface area contributed by atoms with Crippen LogP contribution in [0.15, 0.2) is 48.5 Å². The van der Waals surface area contributed by atoms with E-state index in [0.717, 1.165) is 24.8 Å². The first-order chi connectivity index (χ1) is 15.9. The fourth-order valence-corrected chi connectivity index (χ4v) is 3.99. The van der Waals surface area contributed by atoms with Gasteiger partial charge >= 0.3 is 6.09 Å². The van der Waals surface area contributed by atoms with Crippen LogP contribution in [0.1, 0.15) is 49.0 Å². The summed E-state index contributed by atoms with van der Waals surface area (Å²) in [5.41, 5.74) is 1.99. The molecule has 0 saturated carbocycles. The highest BCUT2D eigenvalue weighted by Gasteiger charge is 2.28. The number of hydrogen-bond acceptors (Lipinski definition) is 5. The van der Waals surface area contributed by atoms with E-state index >= 15 is 0 Å². The smallest absolute Gasteiger partial charge is 0.411 e. The van der Waals surface area contributed by atoms with Gasteiger partial charge in [0.15, 0.2) is 6.61 Å². The highest BCUT2D eigenvalue weighted by molar-refractivity contribution is 5.94. The molecule has 2 N–H and O–H groups in total. The molecular formula is C25H31N3O5. The summed E-state index contributed by atoms with van der Waals surface area (Å²) in [6.45, 7) is 4.49. The maximum Gasteiger partial charge on any atom is 0.411 e. The molecule has 0 bridgehead atoms. The Morgan fingerprint density at radius 1 is 0.970 bits per heavy atom. The topological polar surface area (TPSA) is 97.0 Å². The molecule has 176 valence electrons. The van der Waals surface area contributed by atoms with Gasteiger partial charge in [0, 0.05) is 29.9 Å². The Hall–Kier alpha value is -3.55. The molecule has 8 nitrogen and oxygen atoms in total. The van der Waals surface area contributed by atoms with Gasteiger partial charge in [-0.3, -0.25) is 14.9 Å². The summed E-state index contributed by atoms with van der Waals surface area (Å²) in [7, 11) is 1.30. The van der Waals surface area contributed by atoms with Gasteiger partial charge in [0.25, 0.3) is 11.8 Å². The normalized spacial score (nSPS) is 17.7. The molecule has 2 aromatic rings. The first kappa shape index (κ1) is 24.1. The number of likely N-dealkylation sites (tertiary alicyclic amines) is 1. The van der Waals surface area contributed by atoms with E-state index in [9.17, 15) is 14.4 Å². The quantitative estimate of drug-likeness (QED) is 0.661. The number of anilines is 1. The molecule has 8 heteroatoms. The number of carbonyl (C=O) groups excluding carboxylic acids is 3. The van der Waals surface area contributed by atoms with Crippen molar-refractivity contribution in [1.29, 1.82) is 0 Å². The first-order valence-corrected chi connectivity index (χ1v) is 11.1. The third-order valence-electron chi connectivity index (χ3n) is 5.80. The van der Waals surface area contributed by atoms with Gasteiger partial charge in [0.05, 0.1) is 7.11 Å². The van der Waals surface area contributed by atoms with Crippen LogP contribution < -0.4 is 15.4 Å². The van der Waals surface area contributed by atoms with E-state index < -0.39 is 6.09 Å². The zero-order chi connectivity index (χ0) is 23.8. The minimum absolute atomic E-state index is 0.00988. The van der Waals surface area contributed by atoms with Crippen LogP contribution in [0.2, 0.25) is 0 Å². The lowest BCUT2D eigenvalue weighted by molar-refractivity contribution is -0.139. The second-order valence-electron chi connectivity index (χ2n) is 8.24. The third kappa shape index (κ3) is 6.71. The molecule has 0 aliphatic carbocycles. The van der Waals surface area contributed by atoms with Crippen LogP contribution >= 0.6 is 0 Å². The monoisotopic (exact) mass is 453 g/mol. The van der Waals surface area contributed by atoms with Gasteiger partial charge in [-0.25, -0.2) is 4.79 Å². The molecule has 1 heterocycles. The Labute approximate surface area is 194 Å². The number of rotatable bonds is 7. The molecule has 2 aromatic carbocycles. The van der Waals surface area contributed by atoms with E-state index in [-0.39, 0.29) is 30.5 Å². The van der Waals surface area contributed by atoms with Crippen molar-refractivity contribution in [3.63, 3.8) is 0 Å². The Morgan fingerprint density at radius 3 is 2.21 bits per heavy atom. The predicted molar refractivity (Wildman–Crippen MR) is 125 cm³/mol. The van der Waals surface area contributed by atoms with Crippen LogP contribution in [-0.4, -0.2) is 48.6 Å². The Bertz CT molecular complexity index is 949. The largest absolute Gasteiger partial charge is 0.484 e. The van der Waals surface area contributed by atoms with Gasteiger partial charge in [-0.1, -0.05) is 12.1 Å². The van der Waals surface area contributed by atoms with E-state index in [1.807, 2.05) is 17.0 Å². The molecule has 0 spiro atoms. The Kier molecular flexibility index (Phi) is 8.29. The van der Waals surface area contributed by atoms with Crippen molar-refractivity contribution >= 4 is 23.6 Å². The van der Waals surface area contributed by atoms with Crippen LogP contribution in [0.4, 0.5) is 10.5 Å². The number of benzene rings is 2. The van der Waals surface area contributed by atoms with Gasteiger partial charge in [-0.2, -0.15) is 0 Å². The molecule has 1 aliphatic rings. The standard InChI is InChI=1S/C25H31N3O5/c1-17-5-4-6-18(2)28(17)23(29)16-33-22-13-9-20(10-14-22)24(30)26-15-19-7-11-21(12-8-19)27-25(31)32-3/h7-14,17-18H,4-6,15-16H2,1-3H3,(H,26,30)(H,27,31). The summed E-state index contributed by atoms with van der Waals surface area (Å²) in [5.74, 6) is 0.320. The number of ether oxygens (including phenoxy) is 2. The van der Waals surface area contributed by atoms with Crippen molar-refractivity contribution in [1.82, 2.24) is 10.2 Å². The molecule has 33 heavy (non-hydrogen) atoms. The summed E-state index contributed by atoms with van der Waals surface area (Å²) in [6, 6.07) is 14.3. The summed E-state index contributed by atoms with van der Waals surface area (Å²) >= 11 is 0. The highest BCUT2D eigenvalue weighted by atomic mass is 16.5. The number of nitrogens with one attached hydrogen (secondary N) is 2. The second-order valence-corrected chi connectivity index (χ2v) is 8.24. The van der Waals surface area contributed by atoms with Crippen molar-refractivity contribution in [2.24, 2.45) is 0 Å². The highest BCUT2D eigenvalue weighted by Crippen LogP contribution is 2.23. The molecule has 0 aromatic heterocycles. The van der Waals surface area contributed by atoms with Crippen molar-refractivity contribution in [3.8, 4) is 5.75 Å². The molecule has 0 radical (unpaired) electrons. The molecule has 3 rings (SSSR count). The van der Waals surface area contributed by atoms with E-state index in [2.05, 4.69) is 29.2 Å². The molecular weight excluding hydrogens is 422 g/mol. The maximum absolute atomic E-state index is 12.6. The summed E-state index contributed by atoms with van der Waals surface area (Å²) in [4.78, 5) is 38.2. The SMILES string of the molecule is COC(=O)Nc1ccc(CNC(=O)c2ccc(OCC(=O)N3C(C)CCCC3C)cc2)cc1. The fraction of sp³-hybridized carbons (Fsp3) is 0.400.